The minimum atomic E-state index is -0.416. The standard InChI is InChI=1S/C18H20N2O3S/c1-12-9-11-24-16(12)18(22)20-10-3-4-15(20)17(21)19-13-5-7-14(23-2)8-6-13/h5-9,11,15H,3-4,10H2,1-2H3,(H,19,21)/t15-/m1/s1. The molecule has 0 unspecified atom stereocenters. The number of aryl methyl sites for hydroxylation is 1. The van der Waals surface area contributed by atoms with Gasteiger partial charge in [-0.2, -0.15) is 0 Å². The van der Waals surface area contributed by atoms with Crippen LogP contribution in [-0.2, 0) is 4.79 Å². The van der Waals surface area contributed by atoms with Crippen LogP contribution >= 0.6 is 11.3 Å². The second kappa shape index (κ2) is 7.05. The van der Waals surface area contributed by atoms with Gasteiger partial charge in [0.05, 0.1) is 12.0 Å². The van der Waals surface area contributed by atoms with Crippen LogP contribution in [0.1, 0.15) is 28.1 Å². The Morgan fingerprint density at radius 2 is 2.00 bits per heavy atom. The minimum Gasteiger partial charge on any atom is -0.497 e. The number of ether oxygens (including phenoxy) is 1. The molecule has 5 nitrogen and oxygen atoms in total. The maximum atomic E-state index is 12.7. The monoisotopic (exact) mass is 344 g/mol. The summed E-state index contributed by atoms with van der Waals surface area (Å²) in [6.07, 6.45) is 1.54. The van der Waals surface area contributed by atoms with Gasteiger partial charge in [0.25, 0.3) is 5.91 Å². The summed E-state index contributed by atoms with van der Waals surface area (Å²) < 4.78 is 5.11. The molecule has 2 heterocycles. The molecule has 1 fully saturated rings. The fraction of sp³-hybridized carbons (Fsp3) is 0.333. The van der Waals surface area contributed by atoms with Crippen LogP contribution in [0.15, 0.2) is 35.7 Å². The molecule has 1 aromatic heterocycles. The average molecular weight is 344 g/mol. The van der Waals surface area contributed by atoms with Crippen molar-refractivity contribution in [2.24, 2.45) is 0 Å². The molecular formula is C18H20N2O3S. The van der Waals surface area contributed by atoms with Crippen molar-refractivity contribution >= 4 is 28.8 Å². The van der Waals surface area contributed by atoms with E-state index < -0.39 is 6.04 Å². The van der Waals surface area contributed by atoms with Crippen LogP contribution in [0.25, 0.3) is 0 Å². The zero-order chi connectivity index (χ0) is 17.1. The van der Waals surface area contributed by atoms with Crippen LogP contribution in [0, 0.1) is 6.92 Å². The maximum absolute atomic E-state index is 12.7. The number of hydrogen-bond acceptors (Lipinski definition) is 4. The first kappa shape index (κ1) is 16.5. The van der Waals surface area contributed by atoms with E-state index in [9.17, 15) is 9.59 Å². The largest absolute Gasteiger partial charge is 0.497 e. The summed E-state index contributed by atoms with van der Waals surface area (Å²) in [6.45, 7) is 2.54. The number of methoxy groups -OCH3 is 1. The number of anilines is 1. The molecule has 0 bridgehead atoms. The first-order chi connectivity index (χ1) is 11.6. The van der Waals surface area contributed by atoms with Gasteiger partial charge in [-0.15, -0.1) is 11.3 Å². The Morgan fingerprint density at radius 1 is 1.25 bits per heavy atom. The Labute approximate surface area is 145 Å². The fourth-order valence-electron chi connectivity index (χ4n) is 2.90. The molecule has 2 aromatic rings. The summed E-state index contributed by atoms with van der Waals surface area (Å²) in [6, 6.07) is 8.69. The SMILES string of the molecule is COc1ccc(NC(=O)[C@H]2CCCN2C(=O)c2sccc2C)cc1. The highest BCUT2D eigenvalue weighted by molar-refractivity contribution is 7.12. The number of benzene rings is 1. The molecule has 3 rings (SSSR count). The molecule has 0 aliphatic carbocycles. The van der Waals surface area contributed by atoms with Crippen molar-refractivity contribution < 1.29 is 14.3 Å². The second-order valence-corrected chi connectivity index (χ2v) is 6.72. The van der Waals surface area contributed by atoms with E-state index in [1.54, 1.807) is 36.3 Å². The number of amides is 2. The molecule has 1 saturated heterocycles. The Balaban J connectivity index is 1.71. The third kappa shape index (κ3) is 3.28. The van der Waals surface area contributed by atoms with Crippen molar-refractivity contribution in [2.75, 3.05) is 19.0 Å². The van der Waals surface area contributed by atoms with Crippen molar-refractivity contribution in [2.45, 2.75) is 25.8 Å². The fourth-order valence-corrected chi connectivity index (χ4v) is 3.78. The highest BCUT2D eigenvalue weighted by atomic mass is 32.1. The van der Waals surface area contributed by atoms with E-state index in [0.717, 1.165) is 22.6 Å². The normalized spacial score (nSPS) is 16.9. The predicted octanol–water partition coefficient (Wildman–Crippen LogP) is 3.31. The molecular weight excluding hydrogens is 324 g/mol. The first-order valence-corrected chi connectivity index (χ1v) is 8.78. The van der Waals surface area contributed by atoms with Gasteiger partial charge in [0, 0.05) is 12.2 Å². The molecule has 24 heavy (non-hydrogen) atoms. The highest BCUT2D eigenvalue weighted by Crippen LogP contribution is 2.25. The maximum Gasteiger partial charge on any atom is 0.264 e. The van der Waals surface area contributed by atoms with E-state index in [1.807, 2.05) is 18.4 Å². The molecule has 1 N–H and O–H groups in total. The average Bonchev–Trinajstić information content (AvgIpc) is 3.24. The van der Waals surface area contributed by atoms with Crippen molar-refractivity contribution in [3.63, 3.8) is 0 Å². The highest BCUT2D eigenvalue weighted by Gasteiger charge is 2.35. The van der Waals surface area contributed by atoms with Crippen molar-refractivity contribution in [1.82, 2.24) is 4.90 Å². The molecule has 0 radical (unpaired) electrons. The van der Waals surface area contributed by atoms with E-state index >= 15 is 0 Å². The lowest BCUT2D eigenvalue weighted by Gasteiger charge is -2.23. The van der Waals surface area contributed by atoms with Gasteiger partial charge in [-0.05, 0) is 61.0 Å². The van der Waals surface area contributed by atoms with Gasteiger partial charge in [-0.3, -0.25) is 9.59 Å². The summed E-state index contributed by atoms with van der Waals surface area (Å²) in [5, 5.41) is 4.80. The Bertz CT molecular complexity index is 739. The number of likely N-dealkylation sites (tertiary alicyclic amines) is 1. The topological polar surface area (TPSA) is 58.6 Å². The van der Waals surface area contributed by atoms with Gasteiger partial charge >= 0.3 is 0 Å². The number of nitrogens with one attached hydrogen (secondary N) is 1. The lowest BCUT2D eigenvalue weighted by molar-refractivity contribution is -0.119. The summed E-state index contributed by atoms with van der Waals surface area (Å²) in [5.74, 6) is 0.550. The number of carbonyl (C=O) groups is 2. The molecule has 1 aliphatic rings. The van der Waals surface area contributed by atoms with Gasteiger partial charge in [0.2, 0.25) is 5.91 Å². The van der Waals surface area contributed by atoms with Crippen molar-refractivity contribution in [3.05, 3.63) is 46.2 Å². The number of rotatable bonds is 4. The van der Waals surface area contributed by atoms with Crippen LogP contribution in [0.2, 0.25) is 0 Å². The third-order valence-electron chi connectivity index (χ3n) is 4.23. The van der Waals surface area contributed by atoms with E-state index in [2.05, 4.69) is 5.32 Å². The Kier molecular flexibility index (Phi) is 4.85. The van der Waals surface area contributed by atoms with E-state index in [4.69, 9.17) is 4.74 Å². The van der Waals surface area contributed by atoms with Gasteiger partial charge in [0.1, 0.15) is 11.8 Å². The van der Waals surface area contributed by atoms with Gasteiger partial charge in [-0.1, -0.05) is 0 Å². The molecule has 0 saturated carbocycles. The second-order valence-electron chi connectivity index (χ2n) is 5.81. The zero-order valence-corrected chi connectivity index (χ0v) is 14.6. The zero-order valence-electron chi connectivity index (χ0n) is 13.7. The third-order valence-corrected chi connectivity index (χ3v) is 5.23. The summed E-state index contributed by atoms with van der Waals surface area (Å²) in [4.78, 5) is 27.7. The Morgan fingerprint density at radius 3 is 2.62 bits per heavy atom. The van der Waals surface area contributed by atoms with Crippen LogP contribution in [0.5, 0.6) is 5.75 Å². The molecule has 1 aromatic carbocycles. The minimum absolute atomic E-state index is 0.0464. The van der Waals surface area contributed by atoms with Crippen LogP contribution < -0.4 is 10.1 Å². The predicted molar refractivity (Wildman–Crippen MR) is 94.7 cm³/mol. The lowest BCUT2D eigenvalue weighted by Crippen LogP contribution is -2.43. The van der Waals surface area contributed by atoms with Gasteiger partial charge in [-0.25, -0.2) is 0 Å². The smallest absolute Gasteiger partial charge is 0.264 e. The van der Waals surface area contributed by atoms with Crippen molar-refractivity contribution in [3.8, 4) is 5.75 Å². The van der Waals surface area contributed by atoms with Crippen LogP contribution in [0.4, 0.5) is 5.69 Å². The van der Waals surface area contributed by atoms with Crippen LogP contribution in [0.3, 0.4) is 0 Å². The van der Waals surface area contributed by atoms with E-state index in [-0.39, 0.29) is 11.8 Å². The summed E-state index contributed by atoms with van der Waals surface area (Å²) in [5.41, 5.74) is 1.67. The summed E-state index contributed by atoms with van der Waals surface area (Å²) >= 11 is 1.43. The van der Waals surface area contributed by atoms with Crippen LogP contribution in [-0.4, -0.2) is 36.4 Å². The molecule has 2 amide bonds. The number of carbonyl (C=O) groups excluding carboxylic acids is 2. The number of hydrogen-bond donors (Lipinski definition) is 1. The van der Waals surface area contributed by atoms with Gasteiger partial charge < -0.3 is 15.0 Å². The van der Waals surface area contributed by atoms with E-state index in [0.29, 0.717) is 18.7 Å². The van der Waals surface area contributed by atoms with Crippen molar-refractivity contribution in [1.29, 1.82) is 0 Å². The number of thiophene rings is 1. The van der Waals surface area contributed by atoms with Gasteiger partial charge in [0.15, 0.2) is 0 Å². The summed E-state index contributed by atoms with van der Waals surface area (Å²) in [7, 11) is 1.60. The molecule has 1 atom stereocenters. The molecule has 1 aliphatic heterocycles. The quantitative estimate of drug-likeness (QED) is 0.926. The first-order valence-electron chi connectivity index (χ1n) is 7.90. The molecule has 126 valence electrons. The molecule has 6 heteroatoms. The lowest BCUT2D eigenvalue weighted by atomic mass is 10.2. The Hall–Kier alpha value is -2.34. The van der Waals surface area contributed by atoms with E-state index in [1.165, 1.54) is 11.3 Å². The number of nitrogens with zero attached hydrogens (tertiary/aromatic N) is 1. The molecule has 0 spiro atoms.